The van der Waals surface area contributed by atoms with Gasteiger partial charge in [0.1, 0.15) is 11.5 Å². The van der Waals surface area contributed by atoms with Gasteiger partial charge in [-0.25, -0.2) is 8.42 Å². The minimum Gasteiger partial charge on any atom is -0.380 e. The Morgan fingerprint density at radius 2 is 1.97 bits per heavy atom. The van der Waals surface area contributed by atoms with Crippen LogP contribution in [0.15, 0.2) is 27.7 Å². The number of likely N-dealkylation sites (tertiary alicyclic amines) is 1. The van der Waals surface area contributed by atoms with Crippen LogP contribution in [-0.2, 0) is 30.7 Å². The number of fused-ring (bicyclic) bond motifs is 1. The molecule has 1 aliphatic rings. The van der Waals surface area contributed by atoms with Gasteiger partial charge in [0, 0.05) is 30.7 Å². The number of carbonyl (C=O) groups is 2. The fraction of sp³-hybridized carbons (Fsp3) is 0.526. The summed E-state index contributed by atoms with van der Waals surface area (Å²) in [7, 11) is -3.88. The molecule has 8 nitrogen and oxygen atoms in total. The number of halogens is 1. The number of rotatable bonds is 8. The van der Waals surface area contributed by atoms with Crippen LogP contribution in [-0.4, -0.2) is 67.5 Å². The molecule has 0 unspecified atom stereocenters. The molecule has 2 aromatic rings. The maximum Gasteiger partial charge on any atom is 0.263 e. The number of nitrogens with zero attached hydrogens (tertiary/aromatic N) is 3. The summed E-state index contributed by atoms with van der Waals surface area (Å²) in [6, 6.07) is 5.73. The molecular formula is C19H24BrN3O5S2. The van der Waals surface area contributed by atoms with Crippen molar-refractivity contribution in [2.45, 2.75) is 26.3 Å². The van der Waals surface area contributed by atoms with Crippen LogP contribution in [0.2, 0.25) is 0 Å². The summed E-state index contributed by atoms with van der Waals surface area (Å²) in [5, 5.41) is 0. The lowest BCUT2D eigenvalue weighted by atomic mass is 10.3. The number of carbonyl (C=O) groups excluding carboxylic acids is 2. The van der Waals surface area contributed by atoms with Crippen LogP contribution in [0.25, 0.3) is 10.2 Å². The van der Waals surface area contributed by atoms with Crippen molar-refractivity contribution in [2.24, 2.45) is 4.99 Å². The first-order valence-corrected chi connectivity index (χ1v) is 13.1. The molecule has 164 valence electrons. The topological polar surface area (TPSA) is 98.0 Å². The number of hydrogen-bond donors (Lipinski definition) is 0. The van der Waals surface area contributed by atoms with Crippen molar-refractivity contribution >= 4 is 59.1 Å². The predicted molar refractivity (Wildman–Crippen MR) is 119 cm³/mol. The third-order valence-electron chi connectivity index (χ3n) is 4.67. The van der Waals surface area contributed by atoms with Crippen molar-refractivity contribution in [3.8, 4) is 0 Å². The average Bonchev–Trinajstić information content (AvgIpc) is 3.29. The lowest BCUT2D eigenvalue weighted by Crippen LogP contribution is -2.35. The van der Waals surface area contributed by atoms with E-state index < -0.39 is 33.2 Å². The Morgan fingerprint density at radius 1 is 1.23 bits per heavy atom. The summed E-state index contributed by atoms with van der Waals surface area (Å²) in [6.45, 7) is 4.55. The molecule has 1 aromatic carbocycles. The molecule has 0 atom stereocenters. The minimum absolute atomic E-state index is 0.411. The highest BCUT2D eigenvalue weighted by Gasteiger charge is 2.26. The van der Waals surface area contributed by atoms with Crippen molar-refractivity contribution < 1.29 is 22.7 Å². The largest absolute Gasteiger partial charge is 0.380 e. The van der Waals surface area contributed by atoms with E-state index in [1.54, 1.807) is 0 Å². The van der Waals surface area contributed by atoms with Gasteiger partial charge in [0.15, 0.2) is 14.6 Å². The van der Waals surface area contributed by atoms with E-state index in [0.29, 0.717) is 37.6 Å². The van der Waals surface area contributed by atoms with Gasteiger partial charge in [-0.1, -0.05) is 27.3 Å². The van der Waals surface area contributed by atoms with Crippen LogP contribution in [0, 0.1) is 0 Å². The van der Waals surface area contributed by atoms with Crippen LogP contribution < -0.4 is 4.80 Å². The Balaban J connectivity index is 1.81. The zero-order valence-corrected chi connectivity index (χ0v) is 19.9. The van der Waals surface area contributed by atoms with Gasteiger partial charge in [-0.3, -0.25) is 9.59 Å². The maximum absolute atomic E-state index is 12.4. The zero-order chi connectivity index (χ0) is 21.7. The van der Waals surface area contributed by atoms with E-state index in [0.717, 1.165) is 27.5 Å². The monoisotopic (exact) mass is 517 g/mol. The Labute approximate surface area is 187 Å². The summed E-state index contributed by atoms with van der Waals surface area (Å²) < 4.78 is 33.8. The first-order valence-electron chi connectivity index (χ1n) is 9.71. The summed E-state index contributed by atoms with van der Waals surface area (Å²) in [5.74, 6) is -2.66. The van der Waals surface area contributed by atoms with Gasteiger partial charge in [-0.15, -0.1) is 0 Å². The summed E-state index contributed by atoms with van der Waals surface area (Å²) in [6.07, 6.45) is 1.76. The van der Waals surface area contributed by atoms with Crippen molar-refractivity contribution in [2.75, 3.05) is 37.8 Å². The molecule has 0 saturated carbocycles. The molecule has 2 heterocycles. The summed E-state index contributed by atoms with van der Waals surface area (Å²) in [5.41, 5.74) is 0.890. The number of benzene rings is 1. The molecule has 0 aliphatic carbocycles. The van der Waals surface area contributed by atoms with Gasteiger partial charge >= 0.3 is 0 Å². The van der Waals surface area contributed by atoms with E-state index in [1.807, 2.05) is 29.7 Å². The summed E-state index contributed by atoms with van der Waals surface area (Å²) >= 11 is 4.74. The number of amides is 2. The normalized spacial score (nSPS) is 15.3. The predicted octanol–water partition coefficient (Wildman–Crippen LogP) is 1.97. The van der Waals surface area contributed by atoms with E-state index in [2.05, 4.69) is 20.9 Å². The highest BCUT2D eigenvalue weighted by atomic mass is 79.9. The van der Waals surface area contributed by atoms with E-state index >= 15 is 0 Å². The lowest BCUT2D eigenvalue weighted by molar-refractivity contribution is -0.127. The second-order valence-corrected chi connectivity index (χ2v) is 11.0. The van der Waals surface area contributed by atoms with Crippen molar-refractivity contribution in [1.29, 1.82) is 0 Å². The minimum atomic E-state index is -3.88. The number of hydrogen-bond acceptors (Lipinski definition) is 6. The standard InChI is InChI=1S/C19H24BrN3O5S2/c1-2-28-10-9-23-15-6-5-14(20)11-16(15)29-19(23)21-17(24)12-30(26,27)13-18(25)22-7-3-4-8-22/h5-6,11H,2-4,7-10,12-13H2,1H3. The fourth-order valence-corrected chi connectivity index (χ4v) is 6.00. The molecule has 1 fully saturated rings. The number of aromatic nitrogens is 1. The fourth-order valence-electron chi connectivity index (χ4n) is 3.27. The SMILES string of the molecule is CCOCCn1c(=NC(=O)CS(=O)(=O)CC(=O)N2CCCC2)sc2cc(Br)ccc21. The Bertz CT molecular complexity index is 1100. The quantitative estimate of drug-likeness (QED) is 0.498. The number of thiazole rings is 1. The van der Waals surface area contributed by atoms with Crippen LogP contribution in [0.1, 0.15) is 19.8 Å². The second kappa shape index (κ2) is 10.2. The lowest BCUT2D eigenvalue weighted by Gasteiger charge is -2.14. The molecule has 11 heteroatoms. The van der Waals surface area contributed by atoms with Gasteiger partial charge in [0.2, 0.25) is 5.91 Å². The van der Waals surface area contributed by atoms with Crippen molar-refractivity contribution in [1.82, 2.24) is 9.47 Å². The van der Waals surface area contributed by atoms with Crippen molar-refractivity contribution in [3.63, 3.8) is 0 Å². The molecule has 30 heavy (non-hydrogen) atoms. The van der Waals surface area contributed by atoms with Crippen molar-refractivity contribution in [3.05, 3.63) is 27.5 Å². The van der Waals surface area contributed by atoms with Gasteiger partial charge in [-0.2, -0.15) is 4.99 Å². The zero-order valence-electron chi connectivity index (χ0n) is 16.7. The van der Waals surface area contributed by atoms with Crippen LogP contribution >= 0.6 is 27.3 Å². The van der Waals surface area contributed by atoms with E-state index in [-0.39, 0.29) is 0 Å². The number of ether oxygens (including phenoxy) is 1. The third kappa shape index (κ3) is 5.99. The van der Waals surface area contributed by atoms with Gasteiger partial charge in [0.05, 0.1) is 16.8 Å². The summed E-state index contributed by atoms with van der Waals surface area (Å²) in [4.78, 5) is 30.6. The molecule has 0 N–H and O–H groups in total. The molecule has 1 aliphatic heterocycles. The van der Waals surface area contributed by atoms with E-state index in [4.69, 9.17) is 4.74 Å². The molecule has 0 radical (unpaired) electrons. The Hall–Kier alpha value is -1.56. The highest BCUT2D eigenvalue weighted by molar-refractivity contribution is 9.10. The van der Waals surface area contributed by atoms with Gasteiger partial charge in [-0.05, 0) is 38.0 Å². The molecule has 1 aromatic heterocycles. The average molecular weight is 518 g/mol. The Morgan fingerprint density at radius 3 is 2.67 bits per heavy atom. The third-order valence-corrected chi connectivity index (χ3v) is 7.58. The van der Waals surface area contributed by atoms with E-state index in [1.165, 1.54) is 16.2 Å². The second-order valence-electron chi connectivity index (χ2n) is 6.97. The smallest absolute Gasteiger partial charge is 0.263 e. The highest BCUT2D eigenvalue weighted by Crippen LogP contribution is 2.22. The molecule has 0 bridgehead atoms. The molecular weight excluding hydrogens is 494 g/mol. The van der Waals surface area contributed by atoms with Gasteiger partial charge in [0.25, 0.3) is 5.91 Å². The maximum atomic E-state index is 12.4. The number of sulfone groups is 1. The van der Waals surface area contributed by atoms with Crippen LogP contribution in [0.4, 0.5) is 0 Å². The van der Waals surface area contributed by atoms with Crippen LogP contribution in [0.3, 0.4) is 0 Å². The first-order chi connectivity index (χ1) is 14.3. The van der Waals surface area contributed by atoms with E-state index in [9.17, 15) is 18.0 Å². The van der Waals surface area contributed by atoms with Crippen LogP contribution in [0.5, 0.6) is 0 Å². The molecule has 1 saturated heterocycles. The molecule has 0 spiro atoms. The Kier molecular flexibility index (Phi) is 7.83. The molecule has 3 rings (SSSR count). The first kappa shape index (κ1) is 23.1. The van der Waals surface area contributed by atoms with Gasteiger partial charge < -0.3 is 14.2 Å². The molecule has 2 amide bonds.